The molecule has 0 spiro atoms. The number of oxime groups is 1. The number of benzene rings is 1. The van der Waals surface area contributed by atoms with Crippen LogP contribution in [0.4, 0.5) is 0 Å². The number of nitrogens with zero attached hydrogens (tertiary/aromatic N) is 1. The van der Waals surface area contributed by atoms with E-state index in [4.69, 9.17) is 14.7 Å². The Bertz CT molecular complexity index is 380. The van der Waals surface area contributed by atoms with Crippen LogP contribution in [0.3, 0.4) is 0 Å². The van der Waals surface area contributed by atoms with Crippen molar-refractivity contribution < 1.29 is 14.7 Å². The van der Waals surface area contributed by atoms with Gasteiger partial charge >= 0.3 is 0 Å². The quantitative estimate of drug-likeness (QED) is 0.514. The third kappa shape index (κ3) is 3.13. The topological polar surface area (TPSA) is 51.0 Å². The second-order valence-corrected chi connectivity index (χ2v) is 3.97. The van der Waals surface area contributed by atoms with Crippen LogP contribution in [-0.4, -0.2) is 25.1 Å². The van der Waals surface area contributed by atoms with E-state index in [1.54, 1.807) is 19.2 Å². The zero-order valence-corrected chi connectivity index (χ0v) is 10.8. The highest BCUT2D eigenvalue weighted by molar-refractivity contribution is 9.10. The molecule has 0 amide bonds. The SMILES string of the molecule is CCCOc1cc(Br)c(/C=N\O)cc1OC. The van der Waals surface area contributed by atoms with Gasteiger partial charge in [0.1, 0.15) is 0 Å². The molecule has 0 heterocycles. The molecule has 5 heteroatoms. The molecule has 0 saturated heterocycles. The van der Waals surface area contributed by atoms with Gasteiger partial charge in [-0.2, -0.15) is 0 Å². The molecule has 1 rings (SSSR count). The summed E-state index contributed by atoms with van der Waals surface area (Å²) >= 11 is 3.37. The molecular weight excluding hydrogens is 274 g/mol. The summed E-state index contributed by atoms with van der Waals surface area (Å²) in [5.41, 5.74) is 0.725. The van der Waals surface area contributed by atoms with E-state index in [1.165, 1.54) is 6.21 Å². The number of hydrogen-bond acceptors (Lipinski definition) is 4. The van der Waals surface area contributed by atoms with Crippen LogP contribution < -0.4 is 9.47 Å². The highest BCUT2D eigenvalue weighted by Crippen LogP contribution is 2.32. The van der Waals surface area contributed by atoms with Gasteiger partial charge in [0, 0.05) is 10.0 Å². The highest BCUT2D eigenvalue weighted by Gasteiger charge is 2.08. The molecule has 0 aliphatic rings. The van der Waals surface area contributed by atoms with Crippen LogP contribution in [0.5, 0.6) is 11.5 Å². The van der Waals surface area contributed by atoms with Crippen molar-refractivity contribution in [2.75, 3.05) is 13.7 Å². The summed E-state index contributed by atoms with van der Waals surface area (Å²) < 4.78 is 11.5. The molecule has 0 bridgehead atoms. The van der Waals surface area contributed by atoms with Gasteiger partial charge in [0.2, 0.25) is 0 Å². The molecule has 4 nitrogen and oxygen atoms in total. The first-order valence-corrected chi connectivity index (χ1v) is 5.70. The van der Waals surface area contributed by atoms with Gasteiger partial charge in [-0.15, -0.1) is 0 Å². The van der Waals surface area contributed by atoms with Gasteiger partial charge in [0.15, 0.2) is 11.5 Å². The molecule has 0 atom stereocenters. The van der Waals surface area contributed by atoms with Gasteiger partial charge in [-0.1, -0.05) is 12.1 Å². The fourth-order valence-electron chi connectivity index (χ4n) is 1.20. The zero-order valence-electron chi connectivity index (χ0n) is 9.24. The summed E-state index contributed by atoms with van der Waals surface area (Å²) in [5, 5.41) is 11.5. The second kappa shape index (κ2) is 6.37. The van der Waals surface area contributed by atoms with Crippen LogP contribution in [0.1, 0.15) is 18.9 Å². The van der Waals surface area contributed by atoms with Crippen LogP contribution in [0.25, 0.3) is 0 Å². The van der Waals surface area contributed by atoms with E-state index in [-0.39, 0.29) is 0 Å². The average molecular weight is 288 g/mol. The summed E-state index contributed by atoms with van der Waals surface area (Å²) in [5.74, 6) is 1.29. The van der Waals surface area contributed by atoms with Crippen LogP contribution in [0.2, 0.25) is 0 Å². The van der Waals surface area contributed by atoms with Gasteiger partial charge in [-0.25, -0.2) is 0 Å². The lowest BCUT2D eigenvalue weighted by atomic mass is 10.2. The predicted molar refractivity (Wildman–Crippen MR) is 65.9 cm³/mol. The minimum Gasteiger partial charge on any atom is -0.493 e. The Balaban J connectivity index is 3.05. The number of methoxy groups -OCH3 is 1. The first-order valence-electron chi connectivity index (χ1n) is 4.90. The Hall–Kier alpha value is -1.23. The van der Waals surface area contributed by atoms with Crippen LogP contribution >= 0.6 is 15.9 Å². The van der Waals surface area contributed by atoms with Crippen molar-refractivity contribution in [3.8, 4) is 11.5 Å². The van der Waals surface area contributed by atoms with Crippen molar-refractivity contribution in [3.05, 3.63) is 22.2 Å². The lowest BCUT2D eigenvalue weighted by Gasteiger charge is -2.11. The third-order valence-corrected chi connectivity index (χ3v) is 2.63. The first kappa shape index (κ1) is 12.8. The molecule has 0 unspecified atom stereocenters. The number of hydrogen-bond donors (Lipinski definition) is 1. The molecule has 0 aromatic heterocycles. The maximum Gasteiger partial charge on any atom is 0.162 e. The predicted octanol–water partition coefficient (Wildman–Crippen LogP) is 3.05. The fraction of sp³-hybridized carbons (Fsp3) is 0.364. The van der Waals surface area contributed by atoms with E-state index >= 15 is 0 Å². The van der Waals surface area contributed by atoms with E-state index in [1.807, 2.05) is 6.92 Å². The van der Waals surface area contributed by atoms with Crippen molar-refractivity contribution in [1.82, 2.24) is 0 Å². The average Bonchev–Trinajstić information content (AvgIpc) is 2.29. The molecule has 1 N–H and O–H groups in total. The van der Waals surface area contributed by atoms with Crippen LogP contribution in [0, 0.1) is 0 Å². The van der Waals surface area contributed by atoms with Crippen molar-refractivity contribution in [2.45, 2.75) is 13.3 Å². The van der Waals surface area contributed by atoms with Crippen LogP contribution in [0.15, 0.2) is 21.8 Å². The molecule has 0 aliphatic heterocycles. The van der Waals surface area contributed by atoms with E-state index < -0.39 is 0 Å². The standard InChI is InChI=1S/C11H14BrNO3/c1-3-4-16-11-6-9(12)8(7-13-14)5-10(11)15-2/h5-7,14H,3-4H2,1-2H3/b13-7-. The van der Waals surface area contributed by atoms with E-state index in [2.05, 4.69) is 21.1 Å². The highest BCUT2D eigenvalue weighted by atomic mass is 79.9. The van der Waals surface area contributed by atoms with Gasteiger partial charge in [-0.05, 0) is 34.5 Å². The lowest BCUT2D eigenvalue weighted by Crippen LogP contribution is -1.99. The maximum absolute atomic E-state index is 8.50. The van der Waals surface area contributed by atoms with Gasteiger partial charge in [-0.3, -0.25) is 0 Å². The Kier molecular flexibility index (Phi) is 5.11. The number of ether oxygens (including phenoxy) is 2. The summed E-state index contributed by atoms with van der Waals surface area (Å²) in [6.45, 7) is 2.67. The molecule has 0 aliphatic carbocycles. The molecular formula is C11H14BrNO3. The number of rotatable bonds is 5. The third-order valence-electron chi connectivity index (χ3n) is 1.94. The first-order chi connectivity index (χ1) is 7.72. The Morgan fingerprint density at radius 3 is 2.75 bits per heavy atom. The number of halogens is 1. The molecule has 0 saturated carbocycles. The van der Waals surface area contributed by atoms with E-state index in [9.17, 15) is 0 Å². The maximum atomic E-state index is 8.50. The summed E-state index contributed by atoms with van der Waals surface area (Å²) in [4.78, 5) is 0. The monoisotopic (exact) mass is 287 g/mol. The minimum absolute atomic E-state index is 0.617. The van der Waals surface area contributed by atoms with Crippen molar-refractivity contribution >= 4 is 22.1 Å². The summed E-state index contributed by atoms with van der Waals surface area (Å²) in [6.07, 6.45) is 2.26. The smallest absolute Gasteiger partial charge is 0.162 e. The molecule has 1 aromatic carbocycles. The fourth-order valence-corrected chi connectivity index (χ4v) is 1.62. The Labute approximate surface area is 103 Å². The van der Waals surface area contributed by atoms with Crippen molar-refractivity contribution in [3.63, 3.8) is 0 Å². The molecule has 16 heavy (non-hydrogen) atoms. The van der Waals surface area contributed by atoms with Crippen molar-refractivity contribution in [1.29, 1.82) is 0 Å². The van der Waals surface area contributed by atoms with E-state index in [0.29, 0.717) is 18.1 Å². The zero-order chi connectivity index (χ0) is 12.0. The Morgan fingerprint density at radius 1 is 1.44 bits per heavy atom. The molecule has 0 fully saturated rings. The second-order valence-electron chi connectivity index (χ2n) is 3.12. The molecule has 1 aromatic rings. The molecule has 0 radical (unpaired) electrons. The van der Waals surface area contributed by atoms with Crippen molar-refractivity contribution in [2.24, 2.45) is 5.16 Å². The van der Waals surface area contributed by atoms with Gasteiger partial charge < -0.3 is 14.7 Å². The molecule has 88 valence electrons. The van der Waals surface area contributed by atoms with Crippen LogP contribution in [-0.2, 0) is 0 Å². The lowest BCUT2D eigenvalue weighted by molar-refractivity contribution is 0.294. The van der Waals surface area contributed by atoms with Gasteiger partial charge in [0.25, 0.3) is 0 Å². The summed E-state index contributed by atoms with van der Waals surface area (Å²) in [7, 11) is 1.57. The van der Waals surface area contributed by atoms with Gasteiger partial charge in [0.05, 0.1) is 19.9 Å². The normalized spacial score (nSPS) is 10.7. The largest absolute Gasteiger partial charge is 0.493 e. The summed E-state index contributed by atoms with van der Waals surface area (Å²) in [6, 6.07) is 3.54. The van der Waals surface area contributed by atoms with E-state index in [0.717, 1.165) is 16.5 Å². The Morgan fingerprint density at radius 2 is 2.19 bits per heavy atom. The minimum atomic E-state index is 0.617.